The molecule has 5 nitrogen and oxygen atoms in total. The zero-order chi connectivity index (χ0) is 29.1. The molecule has 0 amide bonds. The Kier molecular flexibility index (Phi) is 10.8. The van der Waals surface area contributed by atoms with Gasteiger partial charge in [0.25, 0.3) is 0 Å². The molecule has 2 aliphatic heterocycles. The maximum atomic E-state index is 12.4. The fourth-order valence-corrected chi connectivity index (χ4v) is 14.2. The van der Waals surface area contributed by atoms with Gasteiger partial charge in [0, 0.05) is 0 Å². The summed E-state index contributed by atoms with van der Waals surface area (Å²) in [6.07, 6.45) is 27.8. The Balaban J connectivity index is 0.978. The van der Waals surface area contributed by atoms with Gasteiger partial charge in [0.05, 0.1) is 0 Å². The van der Waals surface area contributed by atoms with Gasteiger partial charge in [0.1, 0.15) is 0 Å². The van der Waals surface area contributed by atoms with Crippen molar-refractivity contribution in [1.29, 1.82) is 0 Å². The Labute approximate surface area is 261 Å². The summed E-state index contributed by atoms with van der Waals surface area (Å²) in [5, 5.41) is 0. The molecular weight excluding hydrogens is 589 g/mol. The van der Waals surface area contributed by atoms with Gasteiger partial charge in [0.2, 0.25) is 0 Å². The van der Waals surface area contributed by atoms with E-state index in [1.54, 1.807) is 13.8 Å². The number of hydrogen-bond donors (Lipinski definition) is 0. The molecule has 236 valence electrons. The molecule has 0 bridgehead atoms. The molecule has 0 radical (unpaired) electrons. The van der Waals surface area contributed by atoms with E-state index in [9.17, 15) is 9.59 Å². The van der Waals surface area contributed by atoms with Crippen LogP contribution in [0.3, 0.4) is 0 Å². The second-order valence-electron chi connectivity index (χ2n) is 14.5. The maximum absolute atomic E-state index is 12.4. The Morgan fingerprint density at radius 3 is 1.69 bits per heavy atom. The van der Waals surface area contributed by atoms with E-state index in [4.69, 9.17) is 9.47 Å². The summed E-state index contributed by atoms with van der Waals surface area (Å²) < 4.78 is 10.3. The number of likely N-dealkylation sites (tertiary alicyclic amines) is 1. The molecule has 4 saturated carbocycles. The molecule has 42 heavy (non-hydrogen) atoms. The van der Waals surface area contributed by atoms with Crippen molar-refractivity contribution >= 4 is 26.9 Å². The minimum absolute atomic E-state index is 0.123. The Hall–Kier alpha value is -0.841. The van der Waals surface area contributed by atoms with Crippen LogP contribution < -0.4 is 0 Å². The van der Waals surface area contributed by atoms with E-state index in [0.29, 0.717) is 19.8 Å². The predicted molar refractivity (Wildman–Crippen MR) is 168 cm³/mol. The standard InChI is InChI=1S/C36H57NO4Se/c1-3-40-35(38)31(36(39)41-4-2)23-28-21-22-34(42-28)26-15-13-24(14-16-26)25-17-19-27(20-18-25)37-32-11-7-5-9-29(32)30-10-6-8-12-33(30)37/h23-30,32-34H,3-22H2,1-2H3. The fourth-order valence-electron chi connectivity index (χ4n) is 10.6. The van der Waals surface area contributed by atoms with Crippen LogP contribution in [0.25, 0.3) is 0 Å². The van der Waals surface area contributed by atoms with E-state index in [2.05, 4.69) is 4.90 Å². The number of carbonyl (C=O) groups is 2. The van der Waals surface area contributed by atoms with E-state index in [-0.39, 0.29) is 18.8 Å². The van der Waals surface area contributed by atoms with E-state index in [1.165, 1.54) is 109 Å². The van der Waals surface area contributed by atoms with Crippen molar-refractivity contribution in [2.75, 3.05) is 13.2 Å². The van der Waals surface area contributed by atoms with Crippen molar-refractivity contribution in [2.45, 2.75) is 157 Å². The molecule has 6 heteroatoms. The van der Waals surface area contributed by atoms with Crippen LogP contribution in [0.1, 0.15) is 129 Å². The molecule has 6 fully saturated rings. The van der Waals surface area contributed by atoms with Gasteiger partial charge in [-0.05, 0) is 12.8 Å². The SMILES string of the molecule is CCOC(=O)C(=CC1CCC(C2CCC(C3CCC(N4C5CCCCC5C5CCCCC54)CC3)CC2)[Se]1)C(=O)OCC. The molecule has 2 saturated heterocycles. The summed E-state index contributed by atoms with van der Waals surface area (Å²) in [5.74, 6) is 3.79. The third-order valence-electron chi connectivity index (χ3n) is 12.5. The number of nitrogens with zero attached hydrogens (tertiary/aromatic N) is 1. The van der Waals surface area contributed by atoms with Gasteiger partial charge >= 0.3 is 224 Å². The van der Waals surface area contributed by atoms with E-state index < -0.39 is 11.9 Å². The molecule has 0 aromatic rings. The van der Waals surface area contributed by atoms with Gasteiger partial charge in [-0.25, -0.2) is 0 Å². The van der Waals surface area contributed by atoms with Crippen LogP contribution >= 0.6 is 0 Å². The van der Waals surface area contributed by atoms with Gasteiger partial charge in [-0.1, -0.05) is 25.7 Å². The molecule has 0 aromatic heterocycles. The van der Waals surface area contributed by atoms with Crippen LogP contribution in [-0.4, -0.2) is 63.1 Å². The molecular formula is C36H57NO4Se. The summed E-state index contributed by atoms with van der Waals surface area (Å²) in [5.41, 5.74) is 0.123. The zero-order valence-electron chi connectivity index (χ0n) is 26.5. The van der Waals surface area contributed by atoms with Crippen molar-refractivity contribution in [2.24, 2.45) is 29.6 Å². The van der Waals surface area contributed by atoms with Gasteiger partial charge in [0.15, 0.2) is 0 Å². The Bertz CT molecular complexity index is 910. The molecule has 0 spiro atoms. The summed E-state index contributed by atoms with van der Waals surface area (Å²) in [4.78, 5) is 29.2. The number of allylic oxidation sites excluding steroid dienone is 1. The Morgan fingerprint density at radius 1 is 0.643 bits per heavy atom. The molecule has 0 N–H and O–H groups in total. The van der Waals surface area contributed by atoms with Crippen LogP contribution in [0.4, 0.5) is 0 Å². The number of carbonyl (C=O) groups excluding carboxylic acids is 2. The van der Waals surface area contributed by atoms with Gasteiger partial charge in [-0.15, -0.1) is 0 Å². The molecule has 6 atom stereocenters. The molecule has 2 heterocycles. The quantitative estimate of drug-likeness (QED) is 0.0882. The van der Waals surface area contributed by atoms with Crippen molar-refractivity contribution < 1.29 is 19.1 Å². The molecule has 6 rings (SSSR count). The topological polar surface area (TPSA) is 55.8 Å². The second-order valence-corrected chi connectivity index (χ2v) is 17.6. The number of esters is 2. The van der Waals surface area contributed by atoms with Crippen LogP contribution in [-0.2, 0) is 19.1 Å². The first-order valence-electron chi connectivity index (χ1n) is 18.1. The number of hydrogen-bond acceptors (Lipinski definition) is 5. The predicted octanol–water partition coefficient (Wildman–Crippen LogP) is 7.91. The first-order valence-corrected chi connectivity index (χ1v) is 20.0. The van der Waals surface area contributed by atoms with E-state index in [0.717, 1.165) is 59.0 Å². The molecule has 0 aromatic carbocycles. The van der Waals surface area contributed by atoms with Crippen LogP contribution in [0.5, 0.6) is 0 Å². The van der Waals surface area contributed by atoms with Crippen molar-refractivity contribution in [1.82, 2.24) is 4.90 Å². The first kappa shape index (κ1) is 31.2. The van der Waals surface area contributed by atoms with Crippen LogP contribution in [0.15, 0.2) is 11.6 Å². The molecule has 6 unspecified atom stereocenters. The number of fused-ring (bicyclic) bond motifs is 3. The number of rotatable bonds is 8. The zero-order valence-corrected chi connectivity index (χ0v) is 28.2. The van der Waals surface area contributed by atoms with Gasteiger partial charge < -0.3 is 0 Å². The summed E-state index contributed by atoms with van der Waals surface area (Å²) in [7, 11) is 0. The van der Waals surface area contributed by atoms with E-state index in [1.807, 2.05) is 6.08 Å². The van der Waals surface area contributed by atoms with Crippen LogP contribution in [0.2, 0.25) is 9.63 Å². The summed E-state index contributed by atoms with van der Waals surface area (Å²) in [6, 6.07) is 2.75. The van der Waals surface area contributed by atoms with Crippen molar-refractivity contribution in [3.8, 4) is 0 Å². The second kappa shape index (κ2) is 14.5. The van der Waals surface area contributed by atoms with Crippen molar-refractivity contribution in [3.05, 3.63) is 11.6 Å². The Morgan fingerprint density at radius 2 is 1.14 bits per heavy atom. The van der Waals surface area contributed by atoms with Crippen molar-refractivity contribution in [3.63, 3.8) is 0 Å². The third kappa shape index (κ3) is 6.71. The summed E-state index contributed by atoms with van der Waals surface area (Å²) >= 11 is 0.434. The van der Waals surface area contributed by atoms with Gasteiger partial charge in [-0.3, -0.25) is 0 Å². The fraction of sp³-hybridized carbons (Fsp3) is 0.889. The average Bonchev–Trinajstić information content (AvgIpc) is 3.63. The monoisotopic (exact) mass is 647 g/mol. The van der Waals surface area contributed by atoms with Gasteiger partial charge in [-0.2, -0.15) is 0 Å². The van der Waals surface area contributed by atoms with E-state index >= 15 is 0 Å². The minimum atomic E-state index is -0.521. The third-order valence-corrected chi connectivity index (χ3v) is 16.0. The normalized spacial score (nSPS) is 40.5. The average molecular weight is 647 g/mol. The first-order chi connectivity index (χ1) is 20.6. The van der Waals surface area contributed by atoms with Crippen LogP contribution in [0, 0.1) is 29.6 Å². The number of ether oxygens (including phenoxy) is 2. The summed E-state index contributed by atoms with van der Waals surface area (Å²) in [6.45, 7) is 4.11. The molecule has 4 aliphatic carbocycles. The molecule has 6 aliphatic rings.